The van der Waals surface area contributed by atoms with Crippen LogP contribution in [0.3, 0.4) is 0 Å². The highest BCUT2D eigenvalue weighted by Crippen LogP contribution is 2.24. The summed E-state index contributed by atoms with van der Waals surface area (Å²) in [4.78, 5) is 0.283. The van der Waals surface area contributed by atoms with Crippen molar-refractivity contribution in [3.05, 3.63) is 53.6 Å². The van der Waals surface area contributed by atoms with Gasteiger partial charge in [-0.3, -0.25) is 0 Å². The van der Waals surface area contributed by atoms with Crippen LogP contribution in [-0.2, 0) is 6.61 Å². The molecule has 3 N–H and O–H groups in total. The molecule has 2 aromatic carbocycles. The van der Waals surface area contributed by atoms with Crippen molar-refractivity contribution < 1.29 is 14.6 Å². The van der Waals surface area contributed by atoms with E-state index in [4.69, 9.17) is 27.4 Å². The summed E-state index contributed by atoms with van der Waals surface area (Å²) < 4.78 is 10.9. The molecule has 0 aliphatic rings. The van der Waals surface area contributed by atoms with Crippen LogP contribution >= 0.6 is 12.2 Å². The fourth-order valence-electron chi connectivity index (χ4n) is 1.73. The molecule has 4 nitrogen and oxygen atoms in total. The Labute approximate surface area is 122 Å². The molecule has 0 radical (unpaired) electrons. The molecule has 2 aromatic rings. The van der Waals surface area contributed by atoms with Crippen molar-refractivity contribution >= 4 is 17.2 Å². The van der Waals surface area contributed by atoms with E-state index < -0.39 is 0 Å². The zero-order valence-electron chi connectivity index (χ0n) is 11.0. The van der Waals surface area contributed by atoms with Gasteiger partial charge in [-0.2, -0.15) is 0 Å². The first kappa shape index (κ1) is 14.1. The number of rotatable bonds is 5. The molecule has 0 bridgehead atoms. The van der Waals surface area contributed by atoms with Crippen LogP contribution in [0.4, 0.5) is 0 Å². The fourth-order valence-corrected chi connectivity index (χ4v) is 1.85. The van der Waals surface area contributed by atoms with E-state index in [1.807, 2.05) is 6.07 Å². The maximum atomic E-state index is 9.40. The van der Waals surface area contributed by atoms with E-state index in [-0.39, 0.29) is 10.7 Å². The average Bonchev–Trinajstić information content (AvgIpc) is 2.45. The molecule has 0 saturated heterocycles. The highest BCUT2D eigenvalue weighted by molar-refractivity contribution is 7.80. The molecule has 5 heteroatoms. The van der Waals surface area contributed by atoms with Crippen LogP contribution < -0.4 is 15.2 Å². The van der Waals surface area contributed by atoms with Crippen LogP contribution in [-0.4, -0.2) is 17.2 Å². The van der Waals surface area contributed by atoms with Crippen molar-refractivity contribution in [1.29, 1.82) is 0 Å². The van der Waals surface area contributed by atoms with Crippen molar-refractivity contribution in [1.82, 2.24) is 0 Å². The van der Waals surface area contributed by atoms with Crippen LogP contribution in [0, 0.1) is 0 Å². The quantitative estimate of drug-likeness (QED) is 0.828. The molecule has 0 heterocycles. The second-order valence-corrected chi connectivity index (χ2v) is 4.66. The van der Waals surface area contributed by atoms with Crippen molar-refractivity contribution in [3.63, 3.8) is 0 Å². The van der Waals surface area contributed by atoms with E-state index in [2.05, 4.69) is 0 Å². The minimum absolute atomic E-state index is 0.209. The highest BCUT2D eigenvalue weighted by atomic mass is 32.1. The van der Waals surface area contributed by atoms with Gasteiger partial charge < -0.3 is 20.3 Å². The molecular weight excluding hydrogens is 274 g/mol. The van der Waals surface area contributed by atoms with Crippen LogP contribution in [0.5, 0.6) is 17.2 Å². The number of methoxy groups -OCH3 is 1. The molecule has 0 aromatic heterocycles. The second-order valence-electron chi connectivity index (χ2n) is 4.22. The summed E-state index contributed by atoms with van der Waals surface area (Å²) in [6.07, 6.45) is 0. The SMILES string of the molecule is COc1cc(OCc2cccc(O)c2)cc(C(N)=S)c1. The first-order valence-corrected chi connectivity index (χ1v) is 6.39. The number of aromatic hydroxyl groups is 1. The van der Waals surface area contributed by atoms with E-state index in [1.165, 1.54) is 0 Å². The second kappa shape index (κ2) is 6.25. The normalized spacial score (nSPS) is 10.1. The summed E-state index contributed by atoms with van der Waals surface area (Å²) in [5, 5.41) is 9.40. The Bertz CT molecular complexity index is 628. The lowest BCUT2D eigenvalue weighted by Crippen LogP contribution is -2.09. The summed E-state index contributed by atoms with van der Waals surface area (Å²) in [5.74, 6) is 1.44. The predicted octanol–water partition coefficient (Wildman–Crippen LogP) is 2.61. The summed E-state index contributed by atoms with van der Waals surface area (Å²) in [6.45, 7) is 0.332. The highest BCUT2D eigenvalue weighted by Gasteiger charge is 2.05. The Hall–Kier alpha value is -2.27. The van der Waals surface area contributed by atoms with Crippen LogP contribution in [0.25, 0.3) is 0 Å². The van der Waals surface area contributed by atoms with E-state index in [9.17, 15) is 5.11 Å². The minimum atomic E-state index is 0.209. The molecule has 104 valence electrons. The summed E-state index contributed by atoms with van der Waals surface area (Å²) in [5.41, 5.74) is 7.17. The Morgan fingerprint density at radius 1 is 1.20 bits per heavy atom. The number of thiocarbonyl (C=S) groups is 1. The number of phenols is 1. The molecule has 0 spiro atoms. The van der Waals surface area contributed by atoms with E-state index in [0.29, 0.717) is 23.7 Å². The third-order valence-corrected chi connectivity index (χ3v) is 2.95. The van der Waals surface area contributed by atoms with Gasteiger partial charge in [0.15, 0.2) is 0 Å². The maximum Gasteiger partial charge on any atom is 0.124 e. The van der Waals surface area contributed by atoms with Gasteiger partial charge in [-0.1, -0.05) is 24.4 Å². The molecule has 0 amide bonds. The van der Waals surface area contributed by atoms with Gasteiger partial charge in [-0.25, -0.2) is 0 Å². The van der Waals surface area contributed by atoms with Gasteiger partial charge in [-0.05, 0) is 29.8 Å². The Balaban J connectivity index is 2.16. The van der Waals surface area contributed by atoms with Gasteiger partial charge >= 0.3 is 0 Å². The molecule has 0 unspecified atom stereocenters. The Morgan fingerprint density at radius 2 is 1.95 bits per heavy atom. The molecule has 0 aliphatic carbocycles. The zero-order chi connectivity index (χ0) is 14.5. The summed E-state index contributed by atoms with van der Waals surface area (Å²) >= 11 is 4.96. The van der Waals surface area contributed by atoms with Gasteiger partial charge in [0.1, 0.15) is 28.8 Å². The third-order valence-electron chi connectivity index (χ3n) is 2.72. The number of benzene rings is 2. The standard InChI is InChI=1S/C15H15NO3S/c1-18-13-6-11(15(16)20)7-14(8-13)19-9-10-3-2-4-12(17)5-10/h2-8,17H,9H2,1H3,(H2,16,20). The number of ether oxygens (including phenoxy) is 2. The van der Waals surface area contributed by atoms with Gasteiger partial charge in [-0.15, -0.1) is 0 Å². The smallest absolute Gasteiger partial charge is 0.124 e. The molecule has 0 fully saturated rings. The molecular formula is C15H15NO3S. The fraction of sp³-hybridized carbons (Fsp3) is 0.133. The van der Waals surface area contributed by atoms with Crippen molar-refractivity contribution in [2.24, 2.45) is 5.73 Å². The Morgan fingerprint density at radius 3 is 2.60 bits per heavy atom. The zero-order valence-corrected chi connectivity index (χ0v) is 11.8. The number of nitrogens with two attached hydrogens (primary N) is 1. The molecule has 0 saturated carbocycles. The van der Waals surface area contributed by atoms with E-state index >= 15 is 0 Å². The van der Waals surface area contributed by atoms with Crippen molar-refractivity contribution in [3.8, 4) is 17.2 Å². The van der Waals surface area contributed by atoms with Crippen LogP contribution in [0.1, 0.15) is 11.1 Å². The lowest BCUT2D eigenvalue weighted by Gasteiger charge is -2.10. The van der Waals surface area contributed by atoms with Crippen LogP contribution in [0.15, 0.2) is 42.5 Å². The number of hydrogen-bond acceptors (Lipinski definition) is 4. The van der Waals surface area contributed by atoms with Crippen LogP contribution in [0.2, 0.25) is 0 Å². The first-order chi connectivity index (χ1) is 9.58. The van der Waals surface area contributed by atoms with Gasteiger partial charge in [0, 0.05) is 11.6 Å². The van der Waals surface area contributed by atoms with Crippen molar-refractivity contribution in [2.75, 3.05) is 7.11 Å². The average molecular weight is 289 g/mol. The molecule has 0 aliphatic heterocycles. The molecule has 2 rings (SSSR count). The van der Waals surface area contributed by atoms with Gasteiger partial charge in [0.25, 0.3) is 0 Å². The topological polar surface area (TPSA) is 64.7 Å². The third kappa shape index (κ3) is 3.61. The largest absolute Gasteiger partial charge is 0.508 e. The Kier molecular flexibility index (Phi) is 4.42. The van der Waals surface area contributed by atoms with E-state index in [0.717, 1.165) is 5.56 Å². The molecule has 20 heavy (non-hydrogen) atoms. The van der Waals surface area contributed by atoms with E-state index in [1.54, 1.807) is 43.5 Å². The molecule has 0 atom stereocenters. The first-order valence-electron chi connectivity index (χ1n) is 5.98. The number of phenolic OH excluding ortho intramolecular Hbond substituents is 1. The summed E-state index contributed by atoms with van der Waals surface area (Å²) in [7, 11) is 1.57. The maximum absolute atomic E-state index is 9.40. The summed E-state index contributed by atoms with van der Waals surface area (Å²) in [6, 6.07) is 12.2. The van der Waals surface area contributed by atoms with Gasteiger partial charge in [0.05, 0.1) is 7.11 Å². The monoisotopic (exact) mass is 289 g/mol. The minimum Gasteiger partial charge on any atom is -0.508 e. The lowest BCUT2D eigenvalue weighted by molar-refractivity contribution is 0.303. The lowest BCUT2D eigenvalue weighted by atomic mass is 10.2. The van der Waals surface area contributed by atoms with Crippen molar-refractivity contribution in [2.45, 2.75) is 6.61 Å². The van der Waals surface area contributed by atoms with Gasteiger partial charge in [0.2, 0.25) is 0 Å². The predicted molar refractivity (Wildman–Crippen MR) is 81.3 cm³/mol. The number of hydrogen-bond donors (Lipinski definition) is 2.